The summed E-state index contributed by atoms with van der Waals surface area (Å²) in [6.45, 7) is 0. The van der Waals surface area contributed by atoms with E-state index in [9.17, 15) is 9.18 Å². The normalized spacial score (nSPS) is 11.5. The van der Waals surface area contributed by atoms with E-state index < -0.39 is 0 Å². The molecule has 2 nitrogen and oxygen atoms in total. The van der Waals surface area contributed by atoms with Crippen LogP contribution in [0.1, 0.15) is 15.9 Å². The van der Waals surface area contributed by atoms with Gasteiger partial charge in [0, 0.05) is 12.0 Å². The number of carbonyl (C=O) groups excluding carboxylic acids is 1. The molecule has 4 heteroatoms. The summed E-state index contributed by atoms with van der Waals surface area (Å²) in [6.07, 6.45) is 0.594. The topological polar surface area (TPSA) is 44.7 Å². The molecule has 0 bridgehead atoms. The fourth-order valence-corrected chi connectivity index (χ4v) is 1.84. The van der Waals surface area contributed by atoms with Gasteiger partial charge in [0.25, 0.3) is 0 Å². The van der Waals surface area contributed by atoms with E-state index in [0.717, 1.165) is 5.56 Å². The second-order valence-corrected chi connectivity index (χ2v) is 4.26. The maximum absolute atomic E-state index is 12.8. The largest absolute Gasteiger partial charge is 1.00 e. The average Bonchev–Trinajstić information content (AvgIpc) is 2.40. The van der Waals surface area contributed by atoms with E-state index in [1.165, 1.54) is 24.3 Å². The van der Waals surface area contributed by atoms with Crippen molar-refractivity contribution < 1.29 is 27.3 Å². The van der Waals surface area contributed by atoms with Gasteiger partial charge in [-0.3, -0.25) is 4.79 Å². The molecule has 0 amide bonds. The molecule has 0 aromatic heterocycles. The highest BCUT2D eigenvalue weighted by molar-refractivity contribution is 5.99. The maximum atomic E-state index is 12.8. The number of benzene rings is 2. The Balaban J connectivity index is 0.00000180. The molecule has 100 valence electrons. The zero-order valence-corrected chi connectivity index (χ0v) is 11.1. The quantitative estimate of drug-likeness (QED) is 0.707. The van der Waals surface area contributed by atoms with Crippen LogP contribution in [0.2, 0.25) is 0 Å². The van der Waals surface area contributed by atoms with Crippen LogP contribution in [0.3, 0.4) is 0 Å². The third-order valence-corrected chi connectivity index (χ3v) is 2.82. The predicted molar refractivity (Wildman–Crippen MR) is 67.6 cm³/mol. The monoisotopic (exact) mass is 279 g/mol. The zero-order valence-electron chi connectivity index (χ0n) is 10.4. The standard InChI is InChI=1S/C15H14FNO.ClH/c16-13-8-6-12(7-9-13)15(18)14(17)10-11-4-2-1-3-5-11;/h1-9,14H,10,17H2;1H/t14-;/m0./s1. The summed E-state index contributed by atoms with van der Waals surface area (Å²) < 4.78 is 12.8. The van der Waals surface area contributed by atoms with Crippen LogP contribution in [0, 0.1) is 5.82 Å². The molecule has 0 aliphatic heterocycles. The molecule has 0 unspecified atom stereocenters. The molecular weight excluding hydrogens is 265 g/mol. The summed E-state index contributed by atoms with van der Waals surface area (Å²) in [5.41, 5.74) is 5.47. The Kier molecular flexibility index (Phi) is 5.67. The van der Waals surface area contributed by atoms with Gasteiger partial charge in [-0.1, -0.05) is 30.3 Å². The van der Waals surface area contributed by atoms with Crippen molar-refractivity contribution in [2.75, 3.05) is 0 Å². The number of Topliss-reactive ketones (excluding diaryl/α,β-unsaturated/α-hetero) is 1. The van der Waals surface area contributed by atoms with Gasteiger partial charge < -0.3 is 18.1 Å². The molecule has 0 radical (unpaired) electrons. The first-order valence-electron chi connectivity index (χ1n) is 5.83. The Morgan fingerprint density at radius 1 is 1.05 bits per heavy atom. The average molecular weight is 280 g/mol. The van der Waals surface area contributed by atoms with Gasteiger partial charge in [0.1, 0.15) is 5.82 Å². The number of hydrogen-bond acceptors (Lipinski definition) is 1. The fourth-order valence-electron chi connectivity index (χ4n) is 1.84. The molecule has 2 rings (SSSR count). The first kappa shape index (κ1) is 15.3. The minimum absolute atomic E-state index is 0. The van der Waals surface area contributed by atoms with Crippen molar-refractivity contribution in [3.63, 3.8) is 0 Å². The van der Waals surface area contributed by atoms with Crippen molar-refractivity contribution in [2.45, 2.75) is 12.5 Å². The summed E-state index contributed by atoms with van der Waals surface area (Å²) in [4.78, 5) is 12.1. The molecule has 0 spiro atoms. The molecule has 0 aliphatic rings. The second-order valence-electron chi connectivity index (χ2n) is 4.26. The third kappa shape index (κ3) is 4.16. The minimum Gasteiger partial charge on any atom is -1.00 e. The molecule has 0 fully saturated rings. The number of quaternary nitrogens is 1. The van der Waals surface area contributed by atoms with Gasteiger partial charge >= 0.3 is 0 Å². The molecule has 0 saturated heterocycles. The minimum atomic E-state index is -0.349. The molecule has 0 aliphatic carbocycles. The first-order chi connectivity index (χ1) is 8.66. The van der Waals surface area contributed by atoms with Crippen molar-refractivity contribution in [2.24, 2.45) is 0 Å². The Morgan fingerprint density at radius 2 is 1.63 bits per heavy atom. The van der Waals surface area contributed by atoms with Crippen LogP contribution in [0.4, 0.5) is 4.39 Å². The van der Waals surface area contributed by atoms with Crippen LogP contribution >= 0.6 is 0 Å². The van der Waals surface area contributed by atoms with E-state index in [2.05, 4.69) is 5.73 Å². The summed E-state index contributed by atoms with van der Waals surface area (Å²) >= 11 is 0. The highest BCUT2D eigenvalue weighted by Crippen LogP contribution is 2.08. The van der Waals surface area contributed by atoms with Crippen LogP contribution < -0.4 is 18.1 Å². The molecule has 1 atom stereocenters. The molecule has 0 heterocycles. The molecule has 3 N–H and O–H groups in total. The smallest absolute Gasteiger partial charge is 0.220 e. The Labute approximate surface area is 117 Å². The van der Waals surface area contributed by atoms with E-state index in [0.29, 0.717) is 12.0 Å². The van der Waals surface area contributed by atoms with Crippen molar-refractivity contribution in [3.8, 4) is 0 Å². The van der Waals surface area contributed by atoms with E-state index in [4.69, 9.17) is 0 Å². The van der Waals surface area contributed by atoms with Gasteiger partial charge in [-0.25, -0.2) is 4.39 Å². The van der Waals surface area contributed by atoms with Crippen molar-refractivity contribution in [1.82, 2.24) is 0 Å². The molecule has 19 heavy (non-hydrogen) atoms. The molecule has 2 aromatic rings. The Hall–Kier alpha value is -1.71. The van der Waals surface area contributed by atoms with Crippen LogP contribution in [-0.4, -0.2) is 11.8 Å². The summed E-state index contributed by atoms with van der Waals surface area (Å²) in [7, 11) is 0. The van der Waals surface area contributed by atoms with Crippen molar-refractivity contribution in [3.05, 3.63) is 71.5 Å². The predicted octanol–water partition coefficient (Wildman–Crippen LogP) is -1.13. The molecular formula is C15H15ClFNO. The number of hydrogen-bond donors (Lipinski definition) is 1. The Morgan fingerprint density at radius 3 is 2.21 bits per heavy atom. The number of carbonyl (C=O) groups is 1. The summed E-state index contributed by atoms with van der Waals surface area (Å²) in [6, 6.07) is 15.0. The highest BCUT2D eigenvalue weighted by atomic mass is 35.5. The lowest BCUT2D eigenvalue weighted by atomic mass is 9.98. The molecule has 0 saturated carbocycles. The van der Waals surface area contributed by atoms with Crippen molar-refractivity contribution in [1.29, 1.82) is 0 Å². The lowest BCUT2D eigenvalue weighted by molar-refractivity contribution is -0.398. The van der Waals surface area contributed by atoms with Gasteiger partial charge in [-0.2, -0.15) is 0 Å². The maximum Gasteiger partial charge on any atom is 0.220 e. The van der Waals surface area contributed by atoms with Crippen LogP contribution in [0.5, 0.6) is 0 Å². The van der Waals surface area contributed by atoms with Crippen LogP contribution in [0.15, 0.2) is 54.6 Å². The van der Waals surface area contributed by atoms with Crippen molar-refractivity contribution >= 4 is 5.78 Å². The summed E-state index contributed by atoms with van der Waals surface area (Å²) in [5.74, 6) is -0.394. The fraction of sp³-hybridized carbons (Fsp3) is 0.133. The van der Waals surface area contributed by atoms with Crippen LogP contribution in [0.25, 0.3) is 0 Å². The summed E-state index contributed by atoms with van der Waals surface area (Å²) in [5, 5.41) is 0. The lowest BCUT2D eigenvalue weighted by Gasteiger charge is -2.07. The van der Waals surface area contributed by atoms with Gasteiger partial charge in [-0.15, -0.1) is 0 Å². The van der Waals surface area contributed by atoms with Gasteiger partial charge in [-0.05, 0) is 29.8 Å². The Bertz CT molecular complexity index is 528. The number of rotatable bonds is 4. The number of ketones is 1. The van der Waals surface area contributed by atoms with Gasteiger partial charge in [0.15, 0.2) is 6.04 Å². The van der Waals surface area contributed by atoms with E-state index in [1.807, 2.05) is 30.3 Å². The zero-order chi connectivity index (χ0) is 13.0. The third-order valence-electron chi connectivity index (χ3n) is 2.82. The van der Waals surface area contributed by atoms with Gasteiger partial charge in [0.2, 0.25) is 5.78 Å². The lowest BCUT2D eigenvalue weighted by Crippen LogP contribution is -3.00. The van der Waals surface area contributed by atoms with Gasteiger partial charge in [0.05, 0.1) is 0 Å². The highest BCUT2D eigenvalue weighted by Gasteiger charge is 2.19. The second kappa shape index (κ2) is 7.02. The van der Waals surface area contributed by atoms with E-state index >= 15 is 0 Å². The SMILES string of the molecule is [Cl-].[NH3+][C@@H](Cc1ccccc1)C(=O)c1ccc(F)cc1. The molecule has 2 aromatic carbocycles. The first-order valence-corrected chi connectivity index (χ1v) is 5.83. The van der Waals surface area contributed by atoms with Crippen LogP contribution in [-0.2, 0) is 6.42 Å². The van der Waals surface area contributed by atoms with E-state index in [1.54, 1.807) is 0 Å². The number of halogens is 2. The van der Waals surface area contributed by atoms with E-state index in [-0.39, 0.29) is 30.0 Å².